The van der Waals surface area contributed by atoms with Crippen LogP contribution in [0.3, 0.4) is 0 Å². The zero-order chi connectivity index (χ0) is 24.1. The number of carbonyl (C=O) groups excluding carboxylic acids is 1. The van der Waals surface area contributed by atoms with Gasteiger partial charge in [0.1, 0.15) is 0 Å². The van der Waals surface area contributed by atoms with Crippen LogP contribution in [-0.2, 0) is 16.3 Å². The average molecular weight is 455 g/mol. The fraction of sp³-hybridized carbons (Fsp3) is 0.640. The van der Waals surface area contributed by atoms with E-state index in [1.165, 1.54) is 5.57 Å². The summed E-state index contributed by atoms with van der Waals surface area (Å²) in [6.45, 7) is 15.3. The van der Waals surface area contributed by atoms with Gasteiger partial charge in [-0.25, -0.2) is 4.79 Å². The number of hydrogen-bond acceptors (Lipinski definition) is 3. The van der Waals surface area contributed by atoms with Crippen molar-refractivity contribution in [3.05, 3.63) is 47.0 Å². The molecular weight excluding hydrogens is 417 g/mol. The molecule has 0 aromatic heterocycles. The molecule has 7 heteroatoms. The van der Waals surface area contributed by atoms with Crippen LogP contribution in [0.1, 0.15) is 59.1 Å². The van der Waals surface area contributed by atoms with Crippen molar-refractivity contribution in [3.8, 4) is 0 Å². The molecule has 1 aromatic carbocycles. The van der Waals surface area contributed by atoms with Crippen LogP contribution >= 0.6 is 0 Å². The molecule has 1 saturated heterocycles. The van der Waals surface area contributed by atoms with E-state index in [-0.39, 0.29) is 17.6 Å². The Bertz CT molecular complexity index is 773. The maximum Gasteiger partial charge on any atom is 0.416 e. The number of alkyl halides is 3. The molecule has 4 nitrogen and oxygen atoms in total. The number of amides is 1. The third-order valence-electron chi connectivity index (χ3n) is 5.82. The first kappa shape index (κ1) is 26.2. The summed E-state index contributed by atoms with van der Waals surface area (Å²) in [5, 5.41) is 0. The number of hydrogen-bond donors (Lipinski definition) is 0. The van der Waals surface area contributed by atoms with Gasteiger partial charge in [-0.05, 0) is 49.3 Å². The zero-order valence-electron chi connectivity index (χ0n) is 20.1. The molecule has 0 saturated carbocycles. The highest BCUT2D eigenvalue weighted by atomic mass is 19.4. The highest BCUT2D eigenvalue weighted by Crippen LogP contribution is 2.34. The number of nitrogens with zero attached hydrogens (tertiary/aromatic N) is 2. The van der Waals surface area contributed by atoms with Crippen LogP contribution in [0.4, 0.5) is 18.0 Å². The van der Waals surface area contributed by atoms with Crippen molar-refractivity contribution in [2.24, 2.45) is 5.92 Å². The Kier molecular flexibility index (Phi) is 8.80. The lowest BCUT2D eigenvalue weighted by Gasteiger charge is -2.41. The highest BCUT2D eigenvalue weighted by molar-refractivity contribution is 5.67. The van der Waals surface area contributed by atoms with Crippen molar-refractivity contribution in [1.29, 1.82) is 0 Å². The lowest BCUT2D eigenvalue weighted by atomic mass is 9.78. The minimum atomic E-state index is -4.33. The fourth-order valence-corrected chi connectivity index (χ4v) is 3.99. The van der Waals surface area contributed by atoms with E-state index in [0.717, 1.165) is 37.2 Å². The van der Waals surface area contributed by atoms with Crippen LogP contribution in [-0.4, -0.2) is 54.7 Å². The summed E-state index contributed by atoms with van der Waals surface area (Å²) in [5.41, 5.74) is 1.14. The summed E-state index contributed by atoms with van der Waals surface area (Å²) < 4.78 is 44.2. The highest BCUT2D eigenvalue weighted by Gasteiger charge is 2.33. The van der Waals surface area contributed by atoms with Gasteiger partial charge in [0.2, 0.25) is 0 Å². The molecule has 2 rings (SSSR count). The van der Waals surface area contributed by atoms with E-state index in [4.69, 9.17) is 4.74 Å². The summed E-state index contributed by atoms with van der Waals surface area (Å²) in [6, 6.07) is 5.63. The predicted molar refractivity (Wildman–Crippen MR) is 122 cm³/mol. The minimum absolute atomic E-state index is 0.131. The normalized spacial score (nSPS) is 16.8. The second-order valence-corrected chi connectivity index (χ2v) is 9.97. The van der Waals surface area contributed by atoms with Crippen LogP contribution in [0.5, 0.6) is 0 Å². The average Bonchev–Trinajstić information content (AvgIpc) is 2.70. The van der Waals surface area contributed by atoms with E-state index in [1.807, 2.05) is 13.8 Å². The van der Waals surface area contributed by atoms with Crippen LogP contribution in [0, 0.1) is 5.92 Å². The largest absolute Gasteiger partial charge is 0.449 e. The molecule has 1 aromatic rings. The van der Waals surface area contributed by atoms with Crippen LogP contribution in [0.25, 0.3) is 0 Å². The van der Waals surface area contributed by atoms with Crippen molar-refractivity contribution in [2.75, 3.05) is 32.8 Å². The van der Waals surface area contributed by atoms with E-state index in [1.54, 1.807) is 17.0 Å². The Balaban J connectivity index is 2.07. The Morgan fingerprint density at radius 3 is 2.03 bits per heavy atom. The SMILES string of the molecule is CC(C)=CC(CC(C)(C)c1ccc(C(F)(F)F)cc1)N1CCN(C(=O)OCC(C)C)CC1. The van der Waals surface area contributed by atoms with Crippen molar-refractivity contribution >= 4 is 6.09 Å². The summed E-state index contributed by atoms with van der Waals surface area (Å²) >= 11 is 0. The topological polar surface area (TPSA) is 32.8 Å². The van der Waals surface area contributed by atoms with Crippen LogP contribution in [0.15, 0.2) is 35.9 Å². The quantitative estimate of drug-likeness (QED) is 0.466. The monoisotopic (exact) mass is 454 g/mol. The Morgan fingerprint density at radius 2 is 1.56 bits per heavy atom. The Morgan fingerprint density at radius 1 is 1.03 bits per heavy atom. The summed E-state index contributed by atoms with van der Waals surface area (Å²) in [5.74, 6) is 0.301. The minimum Gasteiger partial charge on any atom is -0.449 e. The molecule has 0 aliphatic carbocycles. The maximum absolute atomic E-state index is 12.9. The van der Waals surface area contributed by atoms with E-state index >= 15 is 0 Å². The molecule has 0 N–H and O–H groups in total. The van der Waals surface area contributed by atoms with Crippen molar-refractivity contribution in [2.45, 2.75) is 65.6 Å². The van der Waals surface area contributed by atoms with Gasteiger partial charge in [0.15, 0.2) is 0 Å². The molecule has 0 radical (unpaired) electrons. The number of carbonyl (C=O) groups is 1. The molecule has 180 valence electrons. The van der Waals surface area contributed by atoms with Gasteiger partial charge < -0.3 is 9.64 Å². The standard InChI is InChI=1S/C25H37F3N2O2/c1-18(2)15-22(29-11-13-30(14-12-29)23(31)32-17-19(3)4)16-24(5,6)20-7-9-21(10-8-20)25(26,27)28/h7-10,15,19,22H,11-14,16-17H2,1-6H3. The molecule has 1 unspecified atom stereocenters. The van der Waals surface area contributed by atoms with Gasteiger partial charge in [0.05, 0.1) is 12.2 Å². The van der Waals surface area contributed by atoms with Gasteiger partial charge in [-0.1, -0.05) is 51.5 Å². The molecular formula is C25H37F3N2O2. The second-order valence-electron chi connectivity index (χ2n) is 9.97. The van der Waals surface area contributed by atoms with Gasteiger partial charge in [0, 0.05) is 32.2 Å². The molecule has 0 spiro atoms. The van der Waals surface area contributed by atoms with Gasteiger partial charge in [-0.3, -0.25) is 4.90 Å². The smallest absolute Gasteiger partial charge is 0.416 e. The summed E-state index contributed by atoms with van der Waals surface area (Å²) in [4.78, 5) is 16.4. The van der Waals surface area contributed by atoms with E-state index in [9.17, 15) is 18.0 Å². The lowest BCUT2D eigenvalue weighted by Crippen LogP contribution is -2.52. The lowest BCUT2D eigenvalue weighted by molar-refractivity contribution is -0.137. The van der Waals surface area contributed by atoms with Gasteiger partial charge in [-0.2, -0.15) is 13.2 Å². The zero-order valence-corrected chi connectivity index (χ0v) is 20.1. The Hall–Kier alpha value is -2.02. The number of benzene rings is 1. The predicted octanol–water partition coefficient (Wildman–Crippen LogP) is 6.12. The number of ether oxygens (including phenoxy) is 1. The third kappa shape index (κ3) is 7.54. The third-order valence-corrected chi connectivity index (χ3v) is 5.82. The summed E-state index contributed by atoms with van der Waals surface area (Å²) in [7, 11) is 0. The first-order valence-electron chi connectivity index (χ1n) is 11.3. The molecule has 1 atom stereocenters. The van der Waals surface area contributed by atoms with E-state index in [0.29, 0.717) is 25.6 Å². The number of piperazine rings is 1. The first-order chi connectivity index (χ1) is 14.8. The molecule has 1 fully saturated rings. The van der Waals surface area contributed by atoms with Gasteiger partial charge >= 0.3 is 12.3 Å². The molecule has 32 heavy (non-hydrogen) atoms. The number of rotatable bonds is 7. The second kappa shape index (κ2) is 10.7. The Labute approximate surface area is 190 Å². The van der Waals surface area contributed by atoms with Crippen molar-refractivity contribution in [1.82, 2.24) is 9.80 Å². The van der Waals surface area contributed by atoms with Crippen molar-refractivity contribution < 1.29 is 22.7 Å². The van der Waals surface area contributed by atoms with E-state index < -0.39 is 11.7 Å². The van der Waals surface area contributed by atoms with Crippen molar-refractivity contribution in [3.63, 3.8) is 0 Å². The van der Waals surface area contributed by atoms with Gasteiger partial charge in [0.25, 0.3) is 0 Å². The number of allylic oxidation sites excluding steroid dienone is 1. The number of halogens is 3. The molecule has 0 bridgehead atoms. The maximum atomic E-state index is 12.9. The van der Waals surface area contributed by atoms with E-state index in [2.05, 4.69) is 38.7 Å². The van der Waals surface area contributed by atoms with Crippen LogP contribution < -0.4 is 0 Å². The summed E-state index contributed by atoms with van der Waals surface area (Å²) in [6.07, 6.45) is -1.61. The first-order valence-corrected chi connectivity index (χ1v) is 11.3. The van der Waals surface area contributed by atoms with Crippen LogP contribution in [0.2, 0.25) is 0 Å². The fourth-order valence-electron chi connectivity index (χ4n) is 3.99. The molecule has 1 heterocycles. The molecule has 1 amide bonds. The molecule has 1 aliphatic heterocycles. The van der Waals surface area contributed by atoms with Gasteiger partial charge in [-0.15, -0.1) is 0 Å². The molecule has 1 aliphatic rings.